The third kappa shape index (κ3) is 3.97. The highest BCUT2D eigenvalue weighted by Gasteiger charge is 2.28. The van der Waals surface area contributed by atoms with Crippen LogP contribution in [-0.4, -0.2) is 24.4 Å². The van der Waals surface area contributed by atoms with Crippen LogP contribution in [0.1, 0.15) is 12.0 Å². The zero-order chi connectivity index (χ0) is 19.4. The fraction of sp³-hybridized carbons (Fsp3) is 0.167. The van der Waals surface area contributed by atoms with Gasteiger partial charge in [0.25, 0.3) is 5.69 Å². The number of sulfonamides is 1. The summed E-state index contributed by atoms with van der Waals surface area (Å²) in [5, 5.41) is 21.2. The number of nitro benzene ring substituents is 1. The second kappa shape index (κ2) is 7.57. The molecule has 8 nitrogen and oxygen atoms in total. The van der Waals surface area contributed by atoms with Crippen LogP contribution >= 0.6 is 0 Å². The molecule has 0 radical (unpaired) electrons. The van der Waals surface area contributed by atoms with Crippen molar-refractivity contribution in [3.05, 3.63) is 70.4 Å². The fourth-order valence-corrected chi connectivity index (χ4v) is 4.36. The molecule has 0 amide bonds. The van der Waals surface area contributed by atoms with E-state index in [2.05, 4.69) is 9.71 Å². The van der Waals surface area contributed by atoms with Gasteiger partial charge in [-0.25, -0.2) is 13.1 Å². The molecule has 2 N–H and O–H groups in total. The molecule has 1 aromatic heterocycles. The van der Waals surface area contributed by atoms with E-state index in [9.17, 15) is 18.5 Å². The highest BCUT2D eigenvalue weighted by molar-refractivity contribution is 7.89. The Kier molecular flexibility index (Phi) is 5.21. The number of H-pyrrole nitrogens is 1. The molecule has 138 valence electrons. The van der Waals surface area contributed by atoms with Crippen LogP contribution in [0.25, 0.3) is 10.9 Å². The molecule has 2 aromatic carbocycles. The lowest BCUT2D eigenvalue weighted by molar-refractivity contribution is -0.387. The molecule has 0 aliphatic rings. The third-order valence-corrected chi connectivity index (χ3v) is 5.72. The van der Waals surface area contributed by atoms with Gasteiger partial charge in [0.15, 0.2) is 4.90 Å². The van der Waals surface area contributed by atoms with Gasteiger partial charge in [-0.15, -0.1) is 0 Å². The molecule has 0 saturated carbocycles. The molecule has 9 heteroatoms. The number of rotatable bonds is 7. The Balaban J connectivity index is 1.90. The zero-order valence-corrected chi connectivity index (χ0v) is 14.9. The monoisotopic (exact) mass is 384 g/mol. The number of hydrogen-bond donors (Lipinski definition) is 2. The van der Waals surface area contributed by atoms with Gasteiger partial charge in [0.1, 0.15) is 0 Å². The molecule has 0 saturated heterocycles. The predicted octanol–water partition coefficient (Wildman–Crippen LogP) is 2.88. The Hall–Kier alpha value is -3.22. The van der Waals surface area contributed by atoms with Crippen LogP contribution in [0.4, 0.5) is 5.69 Å². The van der Waals surface area contributed by atoms with Crippen molar-refractivity contribution < 1.29 is 13.3 Å². The molecule has 3 rings (SSSR count). The topological polar surface area (TPSA) is 129 Å². The summed E-state index contributed by atoms with van der Waals surface area (Å²) in [6, 6.07) is 13.9. The van der Waals surface area contributed by atoms with Crippen LogP contribution < -0.4 is 4.72 Å². The Labute approximate surface area is 155 Å². The van der Waals surface area contributed by atoms with Crippen LogP contribution in [0, 0.1) is 21.4 Å². The van der Waals surface area contributed by atoms with Gasteiger partial charge < -0.3 is 4.98 Å². The van der Waals surface area contributed by atoms with Crippen LogP contribution in [0.5, 0.6) is 0 Å². The molecule has 0 unspecified atom stereocenters. The summed E-state index contributed by atoms with van der Waals surface area (Å²) < 4.78 is 27.8. The van der Waals surface area contributed by atoms with E-state index >= 15 is 0 Å². The second-order valence-corrected chi connectivity index (χ2v) is 7.65. The number of aromatic amines is 1. The minimum absolute atomic E-state index is 0.0701. The van der Waals surface area contributed by atoms with Gasteiger partial charge in [-0.1, -0.05) is 30.3 Å². The first-order valence-electron chi connectivity index (χ1n) is 8.10. The van der Waals surface area contributed by atoms with E-state index in [1.54, 1.807) is 6.20 Å². The van der Waals surface area contributed by atoms with E-state index in [0.717, 1.165) is 22.5 Å². The molecule has 0 aliphatic carbocycles. The largest absolute Gasteiger partial charge is 0.361 e. The van der Waals surface area contributed by atoms with Crippen molar-refractivity contribution in [2.24, 2.45) is 0 Å². The van der Waals surface area contributed by atoms with Crippen LogP contribution in [0.2, 0.25) is 0 Å². The first-order chi connectivity index (χ1) is 12.9. The normalized spacial score (nSPS) is 12.6. The maximum absolute atomic E-state index is 12.7. The number of benzene rings is 2. The van der Waals surface area contributed by atoms with Crippen molar-refractivity contribution in [3.63, 3.8) is 0 Å². The van der Waals surface area contributed by atoms with Gasteiger partial charge in [-0.3, -0.25) is 10.1 Å². The second-order valence-electron chi connectivity index (χ2n) is 5.97. The van der Waals surface area contributed by atoms with Gasteiger partial charge in [0.05, 0.1) is 17.4 Å². The van der Waals surface area contributed by atoms with Gasteiger partial charge >= 0.3 is 0 Å². The Morgan fingerprint density at radius 1 is 1.19 bits per heavy atom. The van der Waals surface area contributed by atoms with E-state index in [0.29, 0.717) is 0 Å². The van der Waals surface area contributed by atoms with E-state index in [1.807, 2.05) is 30.3 Å². The number of nitro groups is 1. The fourth-order valence-electron chi connectivity index (χ4n) is 2.95. The quantitative estimate of drug-likeness (QED) is 0.478. The molecule has 0 aliphatic heterocycles. The Morgan fingerprint density at radius 3 is 2.63 bits per heavy atom. The molecule has 1 atom stereocenters. The third-order valence-electron chi connectivity index (χ3n) is 4.15. The van der Waals surface area contributed by atoms with Crippen LogP contribution in [0.3, 0.4) is 0 Å². The average Bonchev–Trinajstić information content (AvgIpc) is 3.04. The highest BCUT2D eigenvalue weighted by Crippen LogP contribution is 2.24. The Bertz CT molecular complexity index is 1130. The molecule has 27 heavy (non-hydrogen) atoms. The van der Waals surface area contributed by atoms with Crippen LogP contribution in [-0.2, 0) is 16.4 Å². The SMILES string of the molecule is N#CC[C@H](Cc1c[nH]c2ccccc12)NS(=O)(=O)c1ccccc1[N+](=O)[O-]. The average molecular weight is 384 g/mol. The lowest BCUT2D eigenvalue weighted by atomic mass is 10.0. The molecular formula is C18H16N4O4S. The molecule has 1 heterocycles. The molecule has 0 spiro atoms. The molecule has 3 aromatic rings. The molecular weight excluding hydrogens is 368 g/mol. The molecule has 0 fully saturated rings. The summed E-state index contributed by atoms with van der Waals surface area (Å²) in [7, 11) is -4.17. The summed E-state index contributed by atoms with van der Waals surface area (Å²) in [4.78, 5) is 13.1. The van der Waals surface area contributed by atoms with Gasteiger partial charge in [0.2, 0.25) is 10.0 Å². The first kappa shape index (κ1) is 18.6. The van der Waals surface area contributed by atoms with E-state index < -0.39 is 31.6 Å². The summed E-state index contributed by atoms with van der Waals surface area (Å²) in [6.07, 6.45) is 1.98. The van der Waals surface area contributed by atoms with E-state index in [1.165, 1.54) is 18.2 Å². The summed E-state index contributed by atoms with van der Waals surface area (Å²) >= 11 is 0. The number of fused-ring (bicyclic) bond motifs is 1. The van der Waals surface area contributed by atoms with Gasteiger partial charge in [-0.05, 0) is 24.1 Å². The number of nitrogens with one attached hydrogen (secondary N) is 2. The lowest BCUT2D eigenvalue weighted by Crippen LogP contribution is -2.36. The summed E-state index contributed by atoms with van der Waals surface area (Å²) in [6.45, 7) is 0. The number of para-hydroxylation sites is 2. The maximum atomic E-state index is 12.7. The Morgan fingerprint density at radius 2 is 1.89 bits per heavy atom. The van der Waals surface area contributed by atoms with Gasteiger partial charge in [-0.2, -0.15) is 5.26 Å². The highest BCUT2D eigenvalue weighted by atomic mass is 32.2. The number of hydrogen-bond acceptors (Lipinski definition) is 5. The molecule has 0 bridgehead atoms. The van der Waals surface area contributed by atoms with Crippen molar-refractivity contribution in [2.45, 2.75) is 23.8 Å². The summed E-state index contributed by atoms with van der Waals surface area (Å²) in [5.41, 5.74) is 1.26. The summed E-state index contributed by atoms with van der Waals surface area (Å²) in [5.74, 6) is 0. The van der Waals surface area contributed by atoms with Gasteiger partial charge in [0, 0.05) is 29.2 Å². The smallest absolute Gasteiger partial charge is 0.289 e. The number of aromatic nitrogens is 1. The van der Waals surface area contributed by atoms with Crippen molar-refractivity contribution in [2.75, 3.05) is 0 Å². The minimum atomic E-state index is -4.17. The van der Waals surface area contributed by atoms with E-state index in [4.69, 9.17) is 5.26 Å². The first-order valence-corrected chi connectivity index (χ1v) is 9.58. The standard InChI is InChI=1S/C18H16N4O4S/c19-10-9-14(11-13-12-20-16-6-2-1-5-15(13)16)21-27(25,26)18-8-4-3-7-17(18)22(23)24/h1-8,12,14,20-21H,9,11H2/t14-/m1/s1. The minimum Gasteiger partial charge on any atom is -0.361 e. The number of nitrogens with zero attached hydrogens (tertiary/aromatic N) is 2. The number of nitriles is 1. The predicted molar refractivity (Wildman–Crippen MR) is 99.4 cm³/mol. The van der Waals surface area contributed by atoms with Crippen molar-refractivity contribution in [1.29, 1.82) is 5.26 Å². The van der Waals surface area contributed by atoms with E-state index in [-0.39, 0.29) is 12.8 Å². The van der Waals surface area contributed by atoms with Crippen LogP contribution in [0.15, 0.2) is 59.6 Å². The lowest BCUT2D eigenvalue weighted by Gasteiger charge is -2.16. The van der Waals surface area contributed by atoms with Crippen molar-refractivity contribution in [1.82, 2.24) is 9.71 Å². The maximum Gasteiger partial charge on any atom is 0.289 e. The van der Waals surface area contributed by atoms with Crippen molar-refractivity contribution >= 4 is 26.6 Å². The zero-order valence-electron chi connectivity index (χ0n) is 14.1. The van der Waals surface area contributed by atoms with Crippen molar-refractivity contribution in [3.8, 4) is 6.07 Å².